The third-order valence-corrected chi connectivity index (χ3v) is 5.40. The summed E-state index contributed by atoms with van der Waals surface area (Å²) in [5, 5.41) is 6.41. The molecule has 6 heteroatoms. The van der Waals surface area contributed by atoms with Crippen molar-refractivity contribution in [3.8, 4) is 0 Å². The van der Waals surface area contributed by atoms with E-state index in [9.17, 15) is 9.59 Å². The number of hydrogen-bond acceptors (Lipinski definition) is 4. The second-order valence-electron chi connectivity index (χ2n) is 6.66. The molecule has 2 aromatic carbocycles. The van der Waals surface area contributed by atoms with Crippen LogP contribution in [0, 0.1) is 0 Å². The van der Waals surface area contributed by atoms with Gasteiger partial charge in [-0.3, -0.25) is 9.59 Å². The molecule has 0 spiro atoms. The molecule has 0 saturated heterocycles. The van der Waals surface area contributed by atoms with Crippen molar-refractivity contribution in [2.24, 2.45) is 0 Å². The first-order valence-corrected chi connectivity index (χ1v) is 10.5. The first kappa shape index (κ1) is 20.0. The van der Waals surface area contributed by atoms with E-state index in [1.807, 2.05) is 37.3 Å². The van der Waals surface area contributed by atoms with E-state index in [2.05, 4.69) is 33.8 Å². The fraction of sp³-hybridized carbons (Fsp3) is 0.318. The number of thiazole rings is 1. The van der Waals surface area contributed by atoms with E-state index < -0.39 is 0 Å². The van der Waals surface area contributed by atoms with Crippen LogP contribution in [0.3, 0.4) is 0 Å². The lowest BCUT2D eigenvalue weighted by Crippen LogP contribution is -2.24. The van der Waals surface area contributed by atoms with E-state index in [0.717, 1.165) is 28.6 Å². The summed E-state index contributed by atoms with van der Waals surface area (Å²) in [6.07, 6.45) is 3.50. The Balaban J connectivity index is 1.43. The van der Waals surface area contributed by atoms with E-state index >= 15 is 0 Å². The zero-order valence-electron chi connectivity index (χ0n) is 16.0. The normalized spacial score (nSPS) is 10.8. The molecule has 0 saturated carbocycles. The van der Waals surface area contributed by atoms with Crippen molar-refractivity contribution < 1.29 is 9.59 Å². The first-order chi connectivity index (χ1) is 13.6. The summed E-state index contributed by atoms with van der Waals surface area (Å²) < 4.78 is 1.02. The summed E-state index contributed by atoms with van der Waals surface area (Å²) in [5.74, 6) is 0.0385. The summed E-state index contributed by atoms with van der Waals surface area (Å²) in [5.41, 5.74) is 3.26. The van der Waals surface area contributed by atoms with Crippen molar-refractivity contribution in [1.82, 2.24) is 10.3 Å². The highest BCUT2D eigenvalue weighted by Gasteiger charge is 2.08. The molecular weight excluding hydrogens is 370 g/mol. The predicted molar refractivity (Wildman–Crippen MR) is 115 cm³/mol. The Bertz CT molecular complexity index is 937. The maximum atomic E-state index is 12.1. The van der Waals surface area contributed by atoms with Gasteiger partial charge in [-0.15, -0.1) is 0 Å². The number of aryl methyl sites for hydroxylation is 2. The van der Waals surface area contributed by atoms with E-state index in [1.54, 1.807) is 0 Å². The molecule has 2 N–H and O–H groups in total. The lowest BCUT2D eigenvalue weighted by atomic mass is 10.1. The number of aromatic nitrogens is 1. The molecule has 0 radical (unpaired) electrons. The molecule has 0 unspecified atom stereocenters. The molecule has 0 aliphatic rings. The molecule has 0 fully saturated rings. The highest BCUT2D eigenvalue weighted by atomic mass is 32.1. The van der Waals surface area contributed by atoms with Crippen LogP contribution in [-0.2, 0) is 22.4 Å². The van der Waals surface area contributed by atoms with Crippen LogP contribution in [-0.4, -0.2) is 23.3 Å². The Morgan fingerprint density at radius 2 is 1.82 bits per heavy atom. The molecular formula is C22H25N3O2S. The molecule has 3 aromatic rings. The van der Waals surface area contributed by atoms with Crippen molar-refractivity contribution in [2.45, 2.75) is 39.0 Å². The molecule has 1 aromatic heterocycles. The van der Waals surface area contributed by atoms with Gasteiger partial charge in [-0.25, -0.2) is 4.98 Å². The zero-order chi connectivity index (χ0) is 19.8. The second kappa shape index (κ2) is 9.99. The van der Waals surface area contributed by atoms with Crippen LogP contribution in [0.5, 0.6) is 0 Å². The number of benzene rings is 2. The third-order valence-electron chi connectivity index (χ3n) is 4.47. The molecule has 5 nitrogen and oxygen atoms in total. The summed E-state index contributed by atoms with van der Waals surface area (Å²) in [6, 6.07) is 16.3. The smallest absolute Gasteiger partial charge is 0.225 e. The van der Waals surface area contributed by atoms with Gasteiger partial charge in [0.25, 0.3) is 0 Å². The van der Waals surface area contributed by atoms with Gasteiger partial charge in [0.2, 0.25) is 11.8 Å². The molecule has 3 rings (SSSR count). The minimum Gasteiger partial charge on any atom is -0.356 e. The van der Waals surface area contributed by atoms with E-state index in [-0.39, 0.29) is 11.8 Å². The molecule has 1 heterocycles. The third kappa shape index (κ3) is 5.89. The minimum absolute atomic E-state index is 0.0387. The average Bonchev–Trinajstić information content (AvgIpc) is 3.11. The summed E-state index contributed by atoms with van der Waals surface area (Å²) >= 11 is 1.46. The molecule has 146 valence electrons. The number of fused-ring (bicyclic) bond motifs is 1. The predicted octanol–water partition coefficient (Wildman–Crippen LogP) is 4.33. The van der Waals surface area contributed by atoms with Gasteiger partial charge in [-0.1, -0.05) is 54.7 Å². The number of carbonyl (C=O) groups excluding carboxylic acids is 2. The number of nitrogens with one attached hydrogen (secondary N) is 2. The number of hydrogen-bond donors (Lipinski definition) is 2. The van der Waals surface area contributed by atoms with Gasteiger partial charge in [0, 0.05) is 19.4 Å². The van der Waals surface area contributed by atoms with Crippen molar-refractivity contribution in [1.29, 1.82) is 0 Å². The SMILES string of the molecule is CCC(=O)Nc1nc2ccc(CCC(=O)NCCCc3ccccc3)cc2s1. The van der Waals surface area contributed by atoms with Gasteiger partial charge in [0.05, 0.1) is 10.2 Å². The van der Waals surface area contributed by atoms with Crippen LogP contribution in [0.4, 0.5) is 5.13 Å². The standard InChI is InChI=1S/C22H25N3O2S/c1-2-20(26)25-22-24-18-12-10-17(15-19(18)28-22)11-13-21(27)23-14-6-9-16-7-4-3-5-8-16/h3-5,7-8,10,12,15H,2,6,9,11,13-14H2,1H3,(H,23,27)(H,24,25,26). The van der Waals surface area contributed by atoms with Crippen LogP contribution < -0.4 is 10.6 Å². The van der Waals surface area contributed by atoms with Crippen LogP contribution in [0.2, 0.25) is 0 Å². The second-order valence-corrected chi connectivity index (χ2v) is 7.69. The molecule has 0 aliphatic carbocycles. The van der Waals surface area contributed by atoms with Gasteiger partial charge in [-0.2, -0.15) is 0 Å². The van der Waals surface area contributed by atoms with E-state index in [4.69, 9.17) is 0 Å². The van der Waals surface area contributed by atoms with Crippen molar-refractivity contribution in [3.63, 3.8) is 0 Å². The van der Waals surface area contributed by atoms with Gasteiger partial charge in [0.1, 0.15) is 0 Å². The zero-order valence-corrected chi connectivity index (χ0v) is 16.8. The van der Waals surface area contributed by atoms with Crippen molar-refractivity contribution in [3.05, 3.63) is 59.7 Å². The number of amides is 2. The monoisotopic (exact) mass is 395 g/mol. The Labute approximate surface area is 169 Å². The fourth-order valence-electron chi connectivity index (χ4n) is 2.90. The van der Waals surface area contributed by atoms with Crippen molar-refractivity contribution in [2.75, 3.05) is 11.9 Å². The largest absolute Gasteiger partial charge is 0.356 e. The van der Waals surface area contributed by atoms with Crippen LogP contribution in [0.25, 0.3) is 10.2 Å². The summed E-state index contributed by atoms with van der Waals surface area (Å²) in [7, 11) is 0. The summed E-state index contributed by atoms with van der Waals surface area (Å²) in [6.45, 7) is 2.51. The number of anilines is 1. The lowest BCUT2D eigenvalue weighted by molar-refractivity contribution is -0.121. The van der Waals surface area contributed by atoms with E-state index in [1.165, 1.54) is 16.9 Å². The van der Waals surface area contributed by atoms with Gasteiger partial charge in [0.15, 0.2) is 5.13 Å². The topological polar surface area (TPSA) is 71.1 Å². The number of nitrogens with zero attached hydrogens (tertiary/aromatic N) is 1. The van der Waals surface area contributed by atoms with Crippen LogP contribution in [0.15, 0.2) is 48.5 Å². The number of rotatable bonds is 9. The molecule has 2 amide bonds. The highest BCUT2D eigenvalue weighted by molar-refractivity contribution is 7.22. The molecule has 0 bridgehead atoms. The van der Waals surface area contributed by atoms with Gasteiger partial charge >= 0.3 is 0 Å². The minimum atomic E-state index is -0.0387. The van der Waals surface area contributed by atoms with Crippen LogP contribution >= 0.6 is 11.3 Å². The van der Waals surface area contributed by atoms with Crippen molar-refractivity contribution >= 4 is 38.5 Å². The average molecular weight is 396 g/mol. The Morgan fingerprint density at radius 1 is 1.00 bits per heavy atom. The van der Waals surface area contributed by atoms with Gasteiger partial charge < -0.3 is 10.6 Å². The Hall–Kier alpha value is -2.73. The molecule has 0 aliphatic heterocycles. The number of carbonyl (C=O) groups is 2. The molecule has 0 atom stereocenters. The highest BCUT2D eigenvalue weighted by Crippen LogP contribution is 2.27. The van der Waals surface area contributed by atoms with Crippen LogP contribution in [0.1, 0.15) is 37.3 Å². The first-order valence-electron chi connectivity index (χ1n) is 9.64. The maximum absolute atomic E-state index is 12.1. The quantitative estimate of drug-likeness (QED) is 0.530. The molecule has 28 heavy (non-hydrogen) atoms. The summed E-state index contributed by atoms with van der Waals surface area (Å²) in [4.78, 5) is 28.0. The van der Waals surface area contributed by atoms with Gasteiger partial charge in [-0.05, 0) is 42.5 Å². The maximum Gasteiger partial charge on any atom is 0.225 e. The lowest BCUT2D eigenvalue weighted by Gasteiger charge is -2.06. The fourth-order valence-corrected chi connectivity index (χ4v) is 3.84. The van der Waals surface area contributed by atoms with E-state index in [0.29, 0.717) is 30.9 Å². The Kier molecular flexibility index (Phi) is 7.14. The Morgan fingerprint density at radius 3 is 2.61 bits per heavy atom.